The van der Waals surface area contributed by atoms with Crippen LogP contribution >= 0.6 is 0 Å². The maximum atomic E-state index is 13.7. The first-order valence-corrected chi connectivity index (χ1v) is 12.7. The highest BCUT2D eigenvalue weighted by Crippen LogP contribution is 2.35. The number of H-pyrrole nitrogens is 1. The molecule has 1 fully saturated rings. The van der Waals surface area contributed by atoms with Crippen molar-refractivity contribution in [3.63, 3.8) is 0 Å². The second-order valence-corrected chi connectivity index (χ2v) is 10.5. The summed E-state index contributed by atoms with van der Waals surface area (Å²) in [5.41, 5.74) is 0.490. The van der Waals surface area contributed by atoms with Gasteiger partial charge in [-0.25, -0.2) is 4.68 Å². The predicted octanol–water partition coefficient (Wildman–Crippen LogP) is 3.65. The van der Waals surface area contributed by atoms with Crippen molar-refractivity contribution >= 4 is 10.9 Å². The Morgan fingerprint density at radius 3 is 2.66 bits per heavy atom. The zero-order valence-corrected chi connectivity index (χ0v) is 22.4. The van der Waals surface area contributed by atoms with E-state index in [-0.39, 0.29) is 11.7 Å². The number of pyridine rings is 1. The summed E-state index contributed by atoms with van der Waals surface area (Å²) in [6.45, 7) is 7.83. The highest BCUT2D eigenvalue weighted by molar-refractivity contribution is 5.83. The average Bonchev–Trinajstić information content (AvgIpc) is 3.67. The highest BCUT2D eigenvalue weighted by atomic mass is 16.5. The molecule has 0 radical (unpaired) electrons. The standard InChI is InChI=1S/C27H34N6O5/c1-27(2,3)33-25(29-30-31-33)24(32(15-18-8-6-10-37-18)16-19-9-7-11-38-19)20-12-17-13-22(35-4)23(36-5)14-21(17)28-26(20)34/h6,8,10,12-14,19,24H,7,9,11,15-16H2,1-5H3,(H,28,34)/t19-,24+/m1/s1. The van der Waals surface area contributed by atoms with Crippen molar-refractivity contribution in [3.8, 4) is 11.5 Å². The Morgan fingerprint density at radius 2 is 2.00 bits per heavy atom. The summed E-state index contributed by atoms with van der Waals surface area (Å²) >= 11 is 0. The van der Waals surface area contributed by atoms with Crippen molar-refractivity contribution in [2.75, 3.05) is 27.4 Å². The first-order valence-electron chi connectivity index (χ1n) is 12.7. The van der Waals surface area contributed by atoms with Crippen LogP contribution in [0.25, 0.3) is 10.9 Å². The number of benzene rings is 1. The number of aromatic amines is 1. The second kappa shape index (κ2) is 10.6. The number of aromatic nitrogens is 5. The molecule has 3 aromatic heterocycles. The van der Waals surface area contributed by atoms with Crippen molar-refractivity contribution in [1.82, 2.24) is 30.1 Å². The Hall–Kier alpha value is -3.70. The zero-order chi connectivity index (χ0) is 26.9. The van der Waals surface area contributed by atoms with Crippen molar-refractivity contribution in [2.24, 2.45) is 0 Å². The number of nitrogens with zero attached hydrogens (tertiary/aromatic N) is 5. The largest absolute Gasteiger partial charge is 0.493 e. The van der Waals surface area contributed by atoms with Crippen LogP contribution in [0.2, 0.25) is 0 Å². The number of hydrogen-bond donors (Lipinski definition) is 1. The molecule has 1 aliphatic rings. The molecule has 1 aromatic carbocycles. The van der Waals surface area contributed by atoms with E-state index >= 15 is 0 Å². The molecule has 0 spiro atoms. The lowest BCUT2D eigenvalue weighted by molar-refractivity contribution is 0.0536. The van der Waals surface area contributed by atoms with Crippen LogP contribution in [0, 0.1) is 0 Å². The molecule has 0 amide bonds. The molecule has 11 nitrogen and oxygen atoms in total. The third-order valence-corrected chi connectivity index (χ3v) is 6.81. The van der Waals surface area contributed by atoms with Crippen molar-refractivity contribution in [2.45, 2.75) is 57.8 Å². The highest BCUT2D eigenvalue weighted by Gasteiger charge is 2.35. The topological polar surface area (TPSA) is 121 Å². The molecule has 4 aromatic rings. The fourth-order valence-corrected chi connectivity index (χ4v) is 5.01. The van der Waals surface area contributed by atoms with Crippen LogP contribution in [0.3, 0.4) is 0 Å². The van der Waals surface area contributed by atoms with E-state index in [0.717, 1.165) is 30.6 Å². The van der Waals surface area contributed by atoms with Gasteiger partial charge in [0.15, 0.2) is 17.3 Å². The van der Waals surface area contributed by atoms with E-state index in [1.807, 2.05) is 45.0 Å². The lowest BCUT2D eigenvalue weighted by Crippen LogP contribution is -2.40. The van der Waals surface area contributed by atoms with E-state index < -0.39 is 11.6 Å². The Labute approximate surface area is 220 Å². The van der Waals surface area contributed by atoms with Gasteiger partial charge >= 0.3 is 0 Å². The first-order chi connectivity index (χ1) is 18.3. The molecule has 0 saturated carbocycles. The normalized spacial score (nSPS) is 16.8. The molecule has 1 N–H and O–H groups in total. The molecule has 1 aliphatic heterocycles. The Bertz CT molecular complexity index is 1430. The van der Waals surface area contributed by atoms with Gasteiger partial charge in [0.25, 0.3) is 5.56 Å². The summed E-state index contributed by atoms with van der Waals surface area (Å²) in [7, 11) is 3.15. The summed E-state index contributed by atoms with van der Waals surface area (Å²) in [6.07, 6.45) is 3.62. The molecule has 2 atom stereocenters. The third-order valence-electron chi connectivity index (χ3n) is 6.81. The Balaban J connectivity index is 1.70. The number of ether oxygens (including phenoxy) is 3. The van der Waals surface area contributed by atoms with Crippen LogP contribution in [-0.4, -0.2) is 63.6 Å². The molecule has 0 unspecified atom stereocenters. The monoisotopic (exact) mass is 522 g/mol. The number of tetrazole rings is 1. The number of fused-ring (bicyclic) bond motifs is 1. The molecule has 4 heterocycles. The van der Waals surface area contributed by atoms with Crippen LogP contribution < -0.4 is 15.0 Å². The van der Waals surface area contributed by atoms with Crippen LogP contribution in [0.1, 0.15) is 56.8 Å². The number of nitrogens with one attached hydrogen (secondary N) is 1. The molecule has 202 valence electrons. The number of hydrogen-bond acceptors (Lipinski definition) is 9. The molecular weight excluding hydrogens is 488 g/mol. The van der Waals surface area contributed by atoms with Crippen LogP contribution in [-0.2, 0) is 16.8 Å². The van der Waals surface area contributed by atoms with Crippen molar-refractivity contribution < 1.29 is 18.6 Å². The molecule has 11 heteroatoms. The fraction of sp³-hybridized carbons (Fsp3) is 0.481. The Morgan fingerprint density at radius 1 is 1.21 bits per heavy atom. The summed E-state index contributed by atoms with van der Waals surface area (Å²) < 4.78 is 24.5. The average molecular weight is 523 g/mol. The lowest BCUT2D eigenvalue weighted by atomic mass is 10.0. The minimum absolute atomic E-state index is 0.0234. The van der Waals surface area contributed by atoms with Crippen molar-refractivity contribution in [3.05, 3.63) is 64.1 Å². The summed E-state index contributed by atoms with van der Waals surface area (Å²) in [6, 6.07) is 8.70. The summed E-state index contributed by atoms with van der Waals surface area (Å²) in [5.74, 6) is 2.44. The second-order valence-electron chi connectivity index (χ2n) is 10.5. The molecule has 0 aliphatic carbocycles. The van der Waals surface area contributed by atoms with E-state index in [4.69, 9.17) is 18.6 Å². The van der Waals surface area contributed by atoms with Gasteiger partial charge in [0, 0.05) is 30.2 Å². The lowest BCUT2D eigenvalue weighted by Gasteiger charge is -2.33. The minimum atomic E-state index is -0.584. The van der Waals surface area contributed by atoms with Gasteiger partial charge in [-0.05, 0) is 68.3 Å². The van der Waals surface area contributed by atoms with E-state index in [1.165, 1.54) is 0 Å². The van der Waals surface area contributed by atoms with Gasteiger partial charge in [-0.15, -0.1) is 5.10 Å². The summed E-state index contributed by atoms with van der Waals surface area (Å²) in [5, 5.41) is 13.6. The van der Waals surface area contributed by atoms with Gasteiger partial charge in [-0.1, -0.05) is 0 Å². The molecule has 0 bridgehead atoms. The quantitative estimate of drug-likeness (QED) is 0.351. The van der Waals surface area contributed by atoms with Crippen LogP contribution in [0.15, 0.2) is 45.8 Å². The third kappa shape index (κ3) is 5.16. The zero-order valence-electron chi connectivity index (χ0n) is 22.4. The van der Waals surface area contributed by atoms with Gasteiger partial charge in [-0.3, -0.25) is 9.69 Å². The van der Waals surface area contributed by atoms with Crippen LogP contribution in [0.4, 0.5) is 0 Å². The molecule has 38 heavy (non-hydrogen) atoms. The predicted molar refractivity (Wildman–Crippen MR) is 140 cm³/mol. The van der Waals surface area contributed by atoms with E-state index in [1.54, 1.807) is 31.2 Å². The summed E-state index contributed by atoms with van der Waals surface area (Å²) in [4.78, 5) is 19.0. The Kier molecular flexibility index (Phi) is 7.22. The van der Waals surface area contributed by atoms with Gasteiger partial charge in [0.1, 0.15) is 11.8 Å². The number of rotatable bonds is 9. The molecule has 1 saturated heterocycles. The number of methoxy groups -OCH3 is 2. The van der Waals surface area contributed by atoms with Gasteiger partial charge in [0.2, 0.25) is 0 Å². The van der Waals surface area contributed by atoms with Gasteiger partial charge in [0.05, 0.1) is 44.2 Å². The van der Waals surface area contributed by atoms with Gasteiger partial charge in [-0.2, -0.15) is 0 Å². The SMILES string of the molecule is COc1cc2cc([C@@H](c3nnnn3C(C)(C)C)N(Cc3ccco3)C[C@H]3CCCO3)c(=O)[nH]c2cc1OC. The minimum Gasteiger partial charge on any atom is -0.493 e. The van der Waals surface area contributed by atoms with Gasteiger partial charge < -0.3 is 23.6 Å². The molecular formula is C27H34N6O5. The van der Waals surface area contributed by atoms with E-state index in [2.05, 4.69) is 25.4 Å². The maximum absolute atomic E-state index is 13.7. The first kappa shape index (κ1) is 25.9. The molecule has 5 rings (SSSR count). The smallest absolute Gasteiger partial charge is 0.253 e. The van der Waals surface area contributed by atoms with E-state index in [9.17, 15) is 4.79 Å². The van der Waals surface area contributed by atoms with Crippen LogP contribution in [0.5, 0.6) is 11.5 Å². The van der Waals surface area contributed by atoms with E-state index in [0.29, 0.717) is 41.5 Å². The number of furan rings is 1. The van der Waals surface area contributed by atoms with Crippen molar-refractivity contribution in [1.29, 1.82) is 0 Å². The fourth-order valence-electron chi connectivity index (χ4n) is 5.01. The maximum Gasteiger partial charge on any atom is 0.253 e.